The van der Waals surface area contributed by atoms with Crippen molar-refractivity contribution in [2.75, 3.05) is 19.3 Å². The minimum atomic E-state index is -0.994. The molecule has 0 saturated carbocycles. The summed E-state index contributed by atoms with van der Waals surface area (Å²) in [5, 5.41) is 15.4. The average Bonchev–Trinajstić information content (AvgIpc) is 2.87. The number of thioether (sulfide) groups is 1. The second-order valence-electron chi connectivity index (χ2n) is 8.83. The van der Waals surface area contributed by atoms with Gasteiger partial charge in [-0.3, -0.25) is 9.59 Å². The SMILES string of the molecule is CNC(=O)[C@H](CSC(c1ccccc1)(c1ccccc1)c1ccccc1)NCC(C)(C)C(=O)O. The molecule has 0 aliphatic heterocycles. The molecule has 0 fully saturated rings. The van der Waals surface area contributed by atoms with E-state index in [2.05, 4.69) is 47.0 Å². The molecule has 0 aromatic heterocycles. The molecule has 34 heavy (non-hydrogen) atoms. The van der Waals surface area contributed by atoms with Gasteiger partial charge in [0, 0.05) is 19.3 Å². The second-order valence-corrected chi connectivity index (χ2v) is 10.1. The maximum absolute atomic E-state index is 12.8. The highest BCUT2D eigenvalue weighted by atomic mass is 32.2. The molecule has 0 unspecified atom stereocenters. The quantitative estimate of drug-likeness (QED) is 0.355. The summed E-state index contributed by atoms with van der Waals surface area (Å²) in [7, 11) is 1.60. The predicted octanol–water partition coefficient (Wildman–Crippen LogP) is 4.53. The summed E-state index contributed by atoms with van der Waals surface area (Å²) in [5.41, 5.74) is 2.34. The fraction of sp³-hybridized carbons (Fsp3) is 0.286. The van der Waals surface area contributed by atoms with Crippen molar-refractivity contribution in [1.29, 1.82) is 0 Å². The first-order valence-corrected chi connectivity index (χ1v) is 12.3. The van der Waals surface area contributed by atoms with Crippen LogP contribution in [0.3, 0.4) is 0 Å². The van der Waals surface area contributed by atoms with Crippen molar-refractivity contribution >= 4 is 23.6 Å². The summed E-state index contributed by atoms with van der Waals surface area (Å²) in [6, 6.07) is 30.3. The number of hydrogen-bond donors (Lipinski definition) is 3. The highest BCUT2D eigenvalue weighted by Crippen LogP contribution is 2.48. The Labute approximate surface area is 206 Å². The Hall–Kier alpha value is -3.09. The zero-order valence-corrected chi connectivity index (χ0v) is 20.6. The Morgan fingerprint density at radius 3 is 1.59 bits per heavy atom. The fourth-order valence-electron chi connectivity index (χ4n) is 3.83. The molecule has 0 saturated heterocycles. The van der Waals surface area contributed by atoms with Crippen molar-refractivity contribution in [2.24, 2.45) is 5.41 Å². The predicted molar refractivity (Wildman–Crippen MR) is 139 cm³/mol. The van der Waals surface area contributed by atoms with E-state index in [9.17, 15) is 14.7 Å². The maximum Gasteiger partial charge on any atom is 0.310 e. The van der Waals surface area contributed by atoms with Gasteiger partial charge in [0.2, 0.25) is 5.91 Å². The van der Waals surface area contributed by atoms with Crippen molar-refractivity contribution in [3.63, 3.8) is 0 Å². The first-order chi connectivity index (χ1) is 16.3. The Balaban J connectivity index is 2.04. The molecule has 1 atom stereocenters. The molecule has 178 valence electrons. The van der Waals surface area contributed by atoms with Gasteiger partial charge in [-0.2, -0.15) is 0 Å². The van der Waals surface area contributed by atoms with Crippen LogP contribution in [-0.2, 0) is 14.3 Å². The third-order valence-electron chi connectivity index (χ3n) is 5.94. The molecule has 0 aliphatic carbocycles. The summed E-state index contributed by atoms with van der Waals surface area (Å²) >= 11 is 1.67. The number of nitrogens with one attached hydrogen (secondary N) is 2. The van der Waals surface area contributed by atoms with Crippen LogP contribution in [0.4, 0.5) is 0 Å². The van der Waals surface area contributed by atoms with Crippen LogP contribution in [0.5, 0.6) is 0 Å². The normalized spacial score (nSPS) is 12.7. The van der Waals surface area contributed by atoms with E-state index in [1.807, 2.05) is 54.6 Å². The van der Waals surface area contributed by atoms with Crippen molar-refractivity contribution in [2.45, 2.75) is 24.6 Å². The highest BCUT2D eigenvalue weighted by Gasteiger charge is 2.38. The van der Waals surface area contributed by atoms with E-state index in [0.717, 1.165) is 16.7 Å². The molecule has 5 nitrogen and oxygen atoms in total. The molecule has 1 amide bonds. The minimum absolute atomic E-state index is 0.170. The van der Waals surface area contributed by atoms with Gasteiger partial charge >= 0.3 is 5.97 Å². The van der Waals surface area contributed by atoms with E-state index >= 15 is 0 Å². The molecular weight excluding hydrogens is 444 g/mol. The Morgan fingerprint density at radius 1 is 0.824 bits per heavy atom. The lowest BCUT2D eigenvalue weighted by atomic mass is 9.84. The van der Waals surface area contributed by atoms with Gasteiger partial charge < -0.3 is 15.7 Å². The molecule has 3 N–H and O–H groups in total. The largest absolute Gasteiger partial charge is 0.481 e. The van der Waals surface area contributed by atoms with Crippen molar-refractivity contribution in [3.05, 3.63) is 108 Å². The van der Waals surface area contributed by atoms with Gasteiger partial charge in [-0.15, -0.1) is 11.8 Å². The molecule has 6 heteroatoms. The fourth-order valence-corrected chi connectivity index (χ4v) is 5.43. The average molecular weight is 477 g/mol. The van der Waals surface area contributed by atoms with Crippen LogP contribution in [0.15, 0.2) is 91.0 Å². The second kappa shape index (κ2) is 11.4. The number of aliphatic carboxylic acids is 1. The number of carboxylic acid groups (broad SMARTS) is 1. The van der Waals surface area contributed by atoms with E-state index in [1.165, 1.54) is 0 Å². The number of carbonyl (C=O) groups is 2. The Kier molecular flexibility index (Phi) is 8.53. The first-order valence-electron chi connectivity index (χ1n) is 11.3. The molecule has 0 radical (unpaired) electrons. The van der Waals surface area contributed by atoms with E-state index in [4.69, 9.17) is 0 Å². The van der Waals surface area contributed by atoms with Gasteiger partial charge in [0.05, 0.1) is 16.2 Å². The lowest BCUT2D eigenvalue weighted by molar-refractivity contribution is -0.146. The monoisotopic (exact) mass is 476 g/mol. The van der Waals surface area contributed by atoms with Crippen molar-refractivity contribution < 1.29 is 14.7 Å². The van der Waals surface area contributed by atoms with Gasteiger partial charge in [0.15, 0.2) is 0 Å². The van der Waals surface area contributed by atoms with Crippen molar-refractivity contribution in [1.82, 2.24) is 10.6 Å². The Bertz CT molecular complexity index is 976. The number of carbonyl (C=O) groups excluding carboxylic acids is 1. The number of amides is 1. The highest BCUT2D eigenvalue weighted by molar-refractivity contribution is 8.00. The summed E-state index contributed by atoms with van der Waals surface area (Å²) in [6.45, 7) is 3.48. The van der Waals surface area contributed by atoms with Crippen LogP contribution in [-0.4, -0.2) is 42.4 Å². The van der Waals surface area contributed by atoms with Gasteiger partial charge in [-0.1, -0.05) is 91.0 Å². The number of rotatable bonds is 11. The summed E-state index contributed by atoms with van der Waals surface area (Å²) < 4.78 is -0.556. The van der Waals surface area contributed by atoms with Gasteiger partial charge in [0.1, 0.15) is 0 Å². The summed E-state index contributed by atoms with van der Waals surface area (Å²) in [4.78, 5) is 24.4. The molecular formula is C28H32N2O3S. The zero-order chi connectivity index (χ0) is 24.6. The smallest absolute Gasteiger partial charge is 0.310 e. The van der Waals surface area contributed by atoms with E-state index < -0.39 is 22.2 Å². The molecule has 0 bridgehead atoms. The van der Waals surface area contributed by atoms with E-state index in [0.29, 0.717) is 5.75 Å². The molecule has 0 spiro atoms. The number of hydrogen-bond acceptors (Lipinski definition) is 4. The number of carboxylic acids is 1. The summed E-state index contributed by atoms with van der Waals surface area (Å²) in [6.07, 6.45) is 0. The molecule has 0 aliphatic rings. The lowest BCUT2D eigenvalue weighted by Gasteiger charge is -2.36. The van der Waals surface area contributed by atoms with Crippen LogP contribution in [0.2, 0.25) is 0 Å². The standard InChI is InChI=1S/C28H32N2O3S/c1-27(2,26(32)33)20-30-24(25(31)29-3)19-34-28(21-13-7-4-8-14-21,22-15-9-5-10-16-22)23-17-11-6-12-18-23/h4-18,24,30H,19-20H2,1-3H3,(H,29,31)(H,32,33)/t24-/m0/s1. The van der Waals surface area contributed by atoms with Crippen LogP contribution >= 0.6 is 11.8 Å². The molecule has 3 aromatic carbocycles. The van der Waals surface area contributed by atoms with Gasteiger partial charge in [0.25, 0.3) is 0 Å². The van der Waals surface area contributed by atoms with Gasteiger partial charge in [-0.25, -0.2) is 0 Å². The molecule has 3 aromatic rings. The van der Waals surface area contributed by atoms with Gasteiger partial charge in [-0.05, 0) is 30.5 Å². The first kappa shape index (κ1) is 25.5. The lowest BCUT2D eigenvalue weighted by Crippen LogP contribution is -2.49. The number of benzene rings is 3. The summed E-state index contributed by atoms with van der Waals surface area (Å²) in [5.74, 6) is -0.638. The number of likely N-dealkylation sites (N-methyl/N-ethyl adjacent to an activating group) is 1. The van der Waals surface area contributed by atoms with Crippen LogP contribution in [0.25, 0.3) is 0 Å². The molecule has 0 heterocycles. The third kappa shape index (κ3) is 5.69. The zero-order valence-electron chi connectivity index (χ0n) is 19.8. The minimum Gasteiger partial charge on any atom is -0.481 e. The van der Waals surface area contributed by atoms with Crippen LogP contribution in [0.1, 0.15) is 30.5 Å². The topological polar surface area (TPSA) is 78.4 Å². The van der Waals surface area contributed by atoms with Crippen LogP contribution in [0, 0.1) is 5.41 Å². The van der Waals surface area contributed by atoms with E-state index in [-0.39, 0.29) is 12.5 Å². The maximum atomic E-state index is 12.8. The molecule has 3 rings (SSSR count). The van der Waals surface area contributed by atoms with Crippen molar-refractivity contribution in [3.8, 4) is 0 Å². The Morgan fingerprint density at radius 2 is 1.24 bits per heavy atom. The van der Waals surface area contributed by atoms with Crippen LogP contribution < -0.4 is 10.6 Å². The third-order valence-corrected chi connectivity index (χ3v) is 7.58. The van der Waals surface area contributed by atoms with E-state index in [1.54, 1.807) is 32.7 Å².